The van der Waals surface area contributed by atoms with E-state index in [0.29, 0.717) is 18.1 Å². The molecular weight excluding hydrogens is 266 g/mol. The highest BCUT2D eigenvalue weighted by atomic mass is 32.1. The average Bonchev–Trinajstić information content (AvgIpc) is 2.99. The molecule has 0 spiro atoms. The lowest BCUT2D eigenvalue weighted by Crippen LogP contribution is -2.31. The largest absolute Gasteiger partial charge is 0.378 e. The molecule has 0 bridgehead atoms. The van der Waals surface area contributed by atoms with Crippen LogP contribution in [0.15, 0.2) is 12.1 Å². The molecule has 0 aliphatic carbocycles. The number of nitrogens with one attached hydrogen (secondary N) is 1. The Labute approximate surface area is 127 Å². The summed E-state index contributed by atoms with van der Waals surface area (Å²) < 4.78 is 5.79. The van der Waals surface area contributed by atoms with Crippen molar-refractivity contribution in [3.63, 3.8) is 0 Å². The van der Waals surface area contributed by atoms with Crippen molar-refractivity contribution in [2.75, 3.05) is 13.2 Å². The van der Waals surface area contributed by atoms with E-state index >= 15 is 0 Å². The maximum atomic E-state index is 5.79. The summed E-state index contributed by atoms with van der Waals surface area (Å²) in [6, 6.07) is 5.08. The first-order valence-electron chi connectivity index (χ1n) is 7.88. The number of ether oxygens (including phenoxy) is 1. The van der Waals surface area contributed by atoms with Crippen molar-refractivity contribution < 1.29 is 4.74 Å². The molecule has 2 rings (SSSR count). The minimum absolute atomic E-state index is 0.246. The molecule has 1 saturated heterocycles. The van der Waals surface area contributed by atoms with E-state index in [1.807, 2.05) is 11.3 Å². The molecule has 3 heteroatoms. The maximum absolute atomic E-state index is 5.79. The van der Waals surface area contributed by atoms with Gasteiger partial charge in [0.2, 0.25) is 0 Å². The molecule has 3 unspecified atom stereocenters. The Kier molecular flexibility index (Phi) is 5.27. The second-order valence-electron chi connectivity index (χ2n) is 6.91. The molecule has 0 saturated carbocycles. The topological polar surface area (TPSA) is 21.3 Å². The van der Waals surface area contributed by atoms with E-state index in [1.165, 1.54) is 22.6 Å². The van der Waals surface area contributed by atoms with Gasteiger partial charge in [-0.15, -0.1) is 11.3 Å². The Morgan fingerprint density at radius 3 is 2.65 bits per heavy atom. The molecule has 0 amide bonds. The van der Waals surface area contributed by atoms with E-state index in [-0.39, 0.29) is 5.41 Å². The summed E-state index contributed by atoms with van der Waals surface area (Å²) in [5, 5.41) is 3.75. The summed E-state index contributed by atoms with van der Waals surface area (Å²) in [6.07, 6.45) is 2.71. The molecule has 0 aromatic carbocycles. The van der Waals surface area contributed by atoms with Crippen LogP contribution in [0.3, 0.4) is 0 Å². The van der Waals surface area contributed by atoms with E-state index in [1.54, 1.807) is 0 Å². The minimum atomic E-state index is 0.246. The van der Waals surface area contributed by atoms with Crippen LogP contribution in [0.25, 0.3) is 0 Å². The molecule has 114 valence electrons. The summed E-state index contributed by atoms with van der Waals surface area (Å²) in [6.45, 7) is 13.3. The van der Waals surface area contributed by atoms with Gasteiger partial charge in [-0.05, 0) is 43.9 Å². The van der Waals surface area contributed by atoms with E-state index < -0.39 is 0 Å². The van der Waals surface area contributed by atoms with Gasteiger partial charge in [0, 0.05) is 28.3 Å². The van der Waals surface area contributed by atoms with Gasteiger partial charge in [-0.2, -0.15) is 0 Å². The van der Waals surface area contributed by atoms with Crippen molar-refractivity contribution in [1.29, 1.82) is 0 Å². The van der Waals surface area contributed by atoms with Crippen molar-refractivity contribution in [1.82, 2.24) is 5.32 Å². The first-order chi connectivity index (χ1) is 9.43. The fourth-order valence-corrected chi connectivity index (χ4v) is 4.09. The molecule has 1 N–H and O–H groups in total. The predicted octanol–water partition coefficient (Wildman–Crippen LogP) is 4.51. The average molecular weight is 295 g/mol. The number of hydrogen-bond donors (Lipinski definition) is 1. The molecule has 1 fully saturated rings. The lowest BCUT2D eigenvalue weighted by Gasteiger charge is -2.26. The fraction of sp³-hybridized carbons (Fsp3) is 0.765. The monoisotopic (exact) mass is 295 g/mol. The molecule has 2 heterocycles. The number of rotatable bonds is 5. The highest BCUT2D eigenvalue weighted by molar-refractivity contribution is 7.12. The van der Waals surface area contributed by atoms with Crippen LogP contribution in [0.5, 0.6) is 0 Å². The van der Waals surface area contributed by atoms with Gasteiger partial charge in [0.15, 0.2) is 0 Å². The third-order valence-electron chi connectivity index (χ3n) is 4.15. The van der Waals surface area contributed by atoms with Crippen LogP contribution in [0.4, 0.5) is 0 Å². The molecule has 20 heavy (non-hydrogen) atoms. The first kappa shape index (κ1) is 16.0. The zero-order chi connectivity index (χ0) is 14.8. The van der Waals surface area contributed by atoms with Gasteiger partial charge in [-0.25, -0.2) is 0 Å². The van der Waals surface area contributed by atoms with Gasteiger partial charge in [0.1, 0.15) is 0 Å². The van der Waals surface area contributed by atoms with Crippen LogP contribution in [-0.4, -0.2) is 19.3 Å². The van der Waals surface area contributed by atoms with Crippen LogP contribution in [0, 0.1) is 5.92 Å². The molecule has 1 aliphatic rings. The van der Waals surface area contributed by atoms with Crippen molar-refractivity contribution in [3.05, 3.63) is 21.9 Å². The SMILES string of the molecule is CCCNC(c1ccc(C(C)(C)C)s1)C1CCOC1C. The van der Waals surface area contributed by atoms with Crippen LogP contribution in [-0.2, 0) is 10.2 Å². The van der Waals surface area contributed by atoms with Crippen molar-refractivity contribution in [2.24, 2.45) is 5.92 Å². The Hall–Kier alpha value is -0.380. The lowest BCUT2D eigenvalue weighted by molar-refractivity contribution is 0.0957. The van der Waals surface area contributed by atoms with Crippen molar-refractivity contribution in [2.45, 2.75) is 65.0 Å². The van der Waals surface area contributed by atoms with Crippen LogP contribution < -0.4 is 5.32 Å². The molecule has 2 nitrogen and oxygen atoms in total. The second kappa shape index (κ2) is 6.59. The van der Waals surface area contributed by atoms with Gasteiger partial charge in [0.25, 0.3) is 0 Å². The minimum Gasteiger partial charge on any atom is -0.378 e. The first-order valence-corrected chi connectivity index (χ1v) is 8.70. The third kappa shape index (κ3) is 3.63. The van der Waals surface area contributed by atoms with Crippen LogP contribution in [0.1, 0.15) is 63.3 Å². The summed E-state index contributed by atoms with van der Waals surface area (Å²) in [5.41, 5.74) is 0.246. The molecule has 1 aromatic rings. The van der Waals surface area contributed by atoms with Crippen molar-refractivity contribution >= 4 is 11.3 Å². The van der Waals surface area contributed by atoms with Gasteiger partial charge in [0.05, 0.1) is 6.10 Å². The zero-order valence-electron chi connectivity index (χ0n) is 13.5. The maximum Gasteiger partial charge on any atom is 0.0594 e. The summed E-state index contributed by atoms with van der Waals surface area (Å²) in [4.78, 5) is 2.95. The van der Waals surface area contributed by atoms with E-state index in [2.05, 4.69) is 52.1 Å². The van der Waals surface area contributed by atoms with Crippen molar-refractivity contribution in [3.8, 4) is 0 Å². The Morgan fingerprint density at radius 1 is 1.40 bits per heavy atom. The Balaban J connectivity index is 2.19. The highest BCUT2D eigenvalue weighted by Crippen LogP contribution is 2.39. The highest BCUT2D eigenvalue weighted by Gasteiger charge is 2.33. The molecule has 3 atom stereocenters. The van der Waals surface area contributed by atoms with Crippen LogP contribution >= 0.6 is 11.3 Å². The van der Waals surface area contributed by atoms with Crippen LogP contribution in [0.2, 0.25) is 0 Å². The second-order valence-corrected chi connectivity index (χ2v) is 8.03. The van der Waals surface area contributed by atoms with E-state index in [0.717, 1.165) is 13.2 Å². The molecule has 0 radical (unpaired) electrons. The summed E-state index contributed by atoms with van der Waals surface area (Å²) in [5.74, 6) is 0.605. The predicted molar refractivity (Wildman–Crippen MR) is 87.6 cm³/mol. The summed E-state index contributed by atoms with van der Waals surface area (Å²) >= 11 is 1.97. The van der Waals surface area contributed by atoms with E-state index in [9.17, 15) is 0 Å². The Bertz CT molecular complexity index is 421. The van der Waals surface area contributed by atoms with Gasteiger partial charge in [-0.1, -0.05) is 27.7 Å². The smallest absolute Gasteiger partial charge is 0.0594 e. The normalized spacial score (nSPS) is 25.1. The Morgan fingerprint density at radius 2 is 2.15 bits per heavy atom. The van der Waals surface area contributed by atoms with Gasteiger partial charge in [-0.3, -0.25) is 0 Å². The lowest BCUT2D eigenvalue weighted by atomic mass is 9.91. The summed E-state index contributed by atoms with van der Waals surface area (Å²) in [7, 11) is 0. The number of hydrogen-bond acceptors (Lipinski definition) is 3. The van der Waals surface area contributed by atoms with E-state index in [4.69, 9.17) is 4.74 Å². The van der Waals surface area contributed by atoms with Gasteiger partial charge >= 0.3 is 0 Å². The fourth-order valence-electron chi connectivity index (χ4n) is 2.87. The molecular formula is C17H29NOS. The quantitative estimate of drug-likeness (QED) is 0.863. The standard InChI is InChI=1S/C17H29NOS/c1-6-10-18-16(13-9-11-19-12(13)2)14-7-8-15(20-14)17(3,4)5/h7-8,12-13,16,18H,6,9-11H2,1-5H3. The molecule has 1 aromatic heterocycles. The zero-order valence-corrected chi connectivity index (χ0v) is 14.3. The molecule has 1 aliphatic heterocycles. The number of thiophene rings is 1. The van der Waals surface area contributed by atoms with Gasteiger partial charge < -0.3 is 10.1 Å². The third-order valence-corrected chi connectivity index (χ3v) is 5.74.